The van der Waals surface area contributed by atoms with Crippen LogP contribution in [0.4, 0.5) is 5.95 Å². The quantitative estimate of drug-likeness (QED) is 0.634. The van der Waals surface area contributed by atoms with Crippen LogP contribution in [0.2, 0.25) is 0 Å². The van der Waals surface area contributed by atoms with Crippen LogP contribution in [0.3, 0.4) is 0 Å². The molecule has 4 rings (SSSR count). The summed E-state index contributed by atoms with van der Waals surface area (Å²) in [6, 6.07) is 20.1. The van der Waals surface area contributed by atoms with Crippen LogP contribution in [-0.2, 0) is 6.42 Å². The first-order valence-corrected chi connectivity index (χ1v) is 10.3. The normalized spacial score (nSPS) is 18.3. The average molecular weight is 405 g/mol. The standard InChI is InChI=1S/C24H28N4O2/c1-28(12-11-17-7-4-3-5-8-17)24-26-22(14-23(29)27-24)21-16-25-15-20(21)18-9-6-10-19(13-18)30-2/h3-10,13-14,20-21,25H,11-12,15-16H2,1-2H3,(H,26,27,29)/t20-,21+/m0/s1. The molecule has 0 amide bonds. The molecule has 3 aromatic rings. The molecule has 0 unspecified atom stereocenters. The number of likely N-dealkylation sites (N-methyl/N-ethyl adjacent to an activating group) is 1. The van der Waals surface area contributed by atoms with E-state index in [1.54, 1.807) is 13.2 Å². The van der Waals surface area contributed by atoms with Gasteiger partial charge in [-0.25, -0.2) is 4.98 Å². The van der Waals surface area contributed by atoms with Gasteiger partial charge in [0.1, 0.15) is 5.75 Å². The van der Waals surface area contributed by atoms with E-state index in [1.807, 2.05) is 42.3 Å². The lowest BCUT2D eigenvalue weighted by molar-refractivity contribution is 0.413. The molecule has 2 aromatic carbocycles. The summed E-state index contributed by atoms with van der Waals surface area (Å²) in [5.41, 5.74) is 3.18. The molecule has 0 aliphatic carbocycles. The average Bonchev–Trinajstić information content (AvgIpc) is 3.28. The van der Waals surface area contributed by atoms with Gasteiger partial charge >= 0.3 is 0 Å². The SMILES string of the molecule is COc1cccc([C@@H]2CNC[C@H]2c2cc(=O)[nH]c(N(C)CCc3ccccc3)n2)c1. The molecule has 0 radical (unpaired) electrons. The largest absolute Gasteiger partial charge is 0.497 e. The third-order valence-electron chi connectivity index (χ3n) is 5.81. The van der Waals surface area contributed by atoms with E-state index in [2.05, 4.69) is 34.6 Å². The van der Waals surface area contributed by atoms with Crippen molar-refractivity contribution in [3.05, 3.63) is 87.8 Å². The molecule has 1 aliphatic heterocycles. The minimum atomic E-state index is -0.113. The third-order valence-corrected chi connectivity index (χ3v) is 5.81. The monoisotopic (exact) mass is 404 g/mol. The van der Waals surface area contributed by atoms with Gasteiger partial charge in [0.25, 0.3) is 5.56 Å². The number of hydrogen-bond acceptors (Lipinski definition) is 5. The number of methoxy groups -OCH3 is 1. The molecule has 1 aromatic heterocycles. The number of benzene rings is 2. The molecule has 0 spiro atoms. The van der Waals surface area contributed by atoms with Gasteiger partial charge in [-0.1, -0.05) is 42.5 Å². The number of H-pyrrole nitrogens is 1. The Morgan fingerprint density at radius 1 is 1.07 bits per heavy atom. The van der Waals surface area contributed by atoms with Crippen LogP contribution in [-0.4, -0.2) is 43.8 Å². The Kier molecular flexibility index (Phi) is 6.14. The number of aromatic nitrogens is 2. The Morgan fingerprint density at radius 2 is 1.87 bits per heavy atom. The first kappa shape index (κ1) is 20.2. The molecule has 0 saturated carbocycles. The van der Waals surface area contributed by atoms with Gasteiger partial charge in [0.05, 0.1) is 12.8 Å². The molecular weight excluding hydrogens is 376 g/mol. The molecule has 1 aliphatic rings. The van der Waals surface area contributed by atoms with Crippen molar-refractivity contribution in [3.8, 4) is 5.75 Å². The van der Waals surface area contributed by atoms with Crippen LogP contribution < -0.4 is 20.5 Å². The van der Waals surface area contributed by atoms with Crippen LogP contribution >= 0.6 is 0 Å². The van der Waals surface area contributed by atoms with E-state index in [1.165, 1.54) is 11.1 Å². The highest BCUT2D eigenvalue weighted by atomic mass is 16.5. The number of nitrogens with zero attached hydrogens (tertiary/aromatic N) is 2. The maximum atomic E-state index is 12.4. The predicted octanol–water partition coefficient (Wildman–Crippen LogP) is 2.93. The molecule has 6 nitrogen and oxygen atoms in total. The van der Waals surface area contributed by atoms with Crippen molar-refractivity contribution in [1.82, 2.24) is 15.3 Å². The Morgan fingerprint density at radius 3 is 2.67 bits per heavy atom. The lowest BCUT2D eigenvalue weighted by atomic mass is 9.86. The van der Waals surface area contributed by atoms with Gasteiger partial charge in [-0.15, -0.1) is 0 Å². The van der Waals surface area contributed by atoms with Crippen LogP contribution in [0.5, 0.6) is 5.75 Å². The fourth-order valence-electron chi connectivity index (χ4n) is 4.09. The minimum Gasteiger partial charge on any atom is -0.497 e. The van der Waals surface area contributed by atoms with Gasteiger partial charge < -0.3 is 15.0 Å². The molecule has 2 heterocycles. The predicted molar refractivity (Wildman–Crippen MR) is 120 cm³/mol. The molecule has 1 saturated heterocycles. The van der Waals surface area contributed by atoms with Crippen LogP contribution in [0.1, 0.15) is 28.7 Å². The van der Waals surface area contributed by atoms with Crippen LogP contribution in [0.25, 0.3) is 0 Å². The topological polar surface area (TPSA) is 70.2 Å². The van der Waals surface area contributed by atoms with Crippen molar-refractivity contribution in [2.75, 3.05) is 38.7 Å². The summed E-state index contributed by atoms with van der Waals surface area (Å²) >= 11 is 0. The van der Waals surface area contributed by atoms with Gasteiger partial charge in [-0.3, -0.25) is 9.78 Å². The number of nitrogens with one attached hydrogen (secondary N) is 2. The van der Waals surface area contributed by atoms with E-state index >= 15 is 0 Å². The van der Waals surface area contributed by atoms with E-state index in [0.29, 0.717) is 5.95 Å². The maximum Gasteiger partial charge on any atom is 0.252 e. The molecule has 156 valence electrons. The Hall–Kier alpha value is -3.12. The smallest absolute Gasteiger partial charge is 0.252 e. The van der Waals surface area contributed by atoms with E-state index in [9.17, 15) is 4.79 Å². The number of hydrogen-bond donors (Lipinski definition) is 2. The van der Waals surface area contributed by atoms with Crippen molar-refractivity contribution in [2.24, 2.45) is 0 Å². The second-order valence-corrected chi connectivity index (χ2v) is 7.80. The van der Waals surface area contributed by atoms with E-state index in [-0.39, 0.29) is 17.4 Å². The highest BCUT2D eigenvalue weighted by Gasteiger charge is 2.31. The molecule has 2 N–H and O–H groups in total. The second-order valence-electron chi connectivity index (χ2n) is 7.80. The lowest BCUT2D eigenvalue weighted by Crippen LogP contribution is -2.27. The first-order valence-electron chi connectivity index (χ1n) is 10.3. The summed E-state index contributed by atoms with van der Waals surface area (Å²) < 4.78 is 5.39. The van der Waals surface area contributed by atoms with E-state index < -0.39 is 0 Å². The van der Waals surface area contributed by atoms with Gasteiger partial charge in [0.2, 0.25) is 5.95 Å². The minimum absolute atomic E-state index is 0.113. The van der Waals surface area contributed by atoms with Crippen molar-refractivity contribution in [3.63, 3.8) is 0 Å². The van der Waals surface area contributed by atoms with Crippen molar-refractivity contribution < 1.29 is 4.74 Å². The Balaban J connectivity index is 1.55. The van der Waals surface area contributed by atoms with Gasteiger partial charge in [-0.05, 0) is 29.7 Å². The zero-order chi connectivity index (χ0) is 20.9. The molecule has 6 heteroatoms. The second kappa shape index (κ2) is 9.13. The highest BCUT2D eigenvalue weighted by molar-refractivity contribution is 5.36. The fourth-order valence-corrected chi connectivity index (χ4v) is 4.09. The van der Waals surface area contributed by atoms with Crippen LogP contribution in [0, 0.1) is 0 Å². The van der Waals surface area contributed by atoms with Crippen LogP contribution in [0.15, 0.2) is 65.5 Å². The van der Waals surface area contributed by atoms with E-state index in [4.69, 9.17) is 9.72 Å². The van der Waals surface area contributed by atoms with Gasteiger partial charge in [-0.2, -0.15) is 0 Å². The maximum absolute atomic E-state index is 12.4. The van der Waals surface area contributed by atoms with E-state index in [0.717, 1.165) is 37.5 Å². The summed E-state index contributed by atoms with van der Waals surface area (Å²) in [5.74, 6) is 1.85. The zero-order valence-electron chi connectivity index (χ0n) is 17.5. The van der Waals surface area contributed by atoms with Crippen molar-refractivity contribution in [2.45, 2.75) is 18.3 Å². The zero-order valence-corrected chi connectivity index (χ0v) is 17.5. The molecule has 0 bridgehead atoms. The fraction of sp³-hybridized carbons (Fsp3) is 0.333. The molecule has 30 heavy (non-hydrogen) atoms. The van der Waals surface area contributed by atoms with Crippen molar-refractivity contribution in [1.29, 1.82) is 0 Å². The third kappa shape index (κ3) is 4.54. The highest BCUT2D eigenvalue weighted by Crippen LogP contribution is 2.36. The van der Waals surface area contributed by atoms with Gasteiger partial charge in [0, 0.05) is 44.6 Å². The number of rotatable bonds is 7. The summed E-state index contributed by atoms with van der Waals surface area (Å²) in [7, 11) is 3.65. The number of anilines is 1. The summed E-state index contributed by atoms with van der Waals surface area (Å²) in [6.45, 7) is 2.43. The Labute approximate surface area is 176 Å². The summed E-state index contributed by atoms with van der Waals surface area (Å²) in [4.78, 5) is 22.2. The molecular formula is C24H28N4O2. The van der Waals surface area contributed by atoms with Gasteiger partial charge in [0.15, 0.2) is 0 Å². The van der Waals surface area contributed by atoms with Crippen molar-refractivity contribution >= 4 is 5.95 Å². The first-order chi connectivity index (χ1) is 14.6. The summed E-state index contributed by atoms with van der Waals surface area (Å²) in [6.07, 6.45) is 0.892. The summed E-state index contributed by atoms with van der Waals surface area (Å²) in [5, 5.41) is 3.47. The lowest BCUT2D eigenvalue weighted by Gasteiger charge is -2.22. The molecule has 2 atom stereocenters. The Bertz CT molecular complexity index is 1030. The number of ether oxygens (including phenoxy) is 1. The molecule has 1 fully saturated rings. The number of aromatic amines is 1.